The fraction of sp³-hybridized carbons (Fsp3) is 0.400. The molecule has 0 aliphatic carbocycles. The van der Waals surface area contributed by atoms with Crippen LogP contribution in [0.4, 0.5) is 4.79 Å². The number of amides is 3. The molecule has 1 aromatic carbocycles. The number of carboxylic acid groups (broad SMARTS) is 1. The third-order valence-corrected chi connectivity index (χ3v) is 5.24. The molecule has 12 heteroatoms. The number of carboxylic acids is 1. The minimum Gasteiger partial charge on any atom is -0.507 e. The highest BCUT2D eigenvalue weighted by molar-refractivity contribution is 8.01. The highest BCUT2D eigenvalue weighted by Crippen LogP contribution is 2.33. The fourth-order valence-corrected chi connectivity index (χ4v) is 3.57. The van der Waals surface area contributed by atoms with Crippen LogP contribution < -0.4 is 10.1 Å². The van der Waals surface area contributed by atoms with Crippen LogP contribution in [0.25, 0.3) is 0 Å². The molecule has 0 spiro atoms. The number of nitrogens with zero attached hydrogens (tertiary/aromatic N) is 1. The Balaban J connectivity index is 2.12. The van der Waals surface area contributed by atoms with Gasteiger partial charge in [-0.1, -0.05) is 6.07 Å². The Hall–Kier alpha value is -2.44. The largest absolute Gasteiger partial charge is 0.507 e. The molecular weight excluding hydrogens is 379 g/mol. The van der Waals surface area contributed by atoms with Crippen LogP contribution in [0.2, 0.25) is 0 Å². The number of carbonyl (C=O) groups excluding carboxylic acids is 2. The summed E-state index contributed by atoms with van der Waals surface area (Å²) in [7, 11) is -0.568. The van der Waals surface area contributed by atoms with Crippen molar-refractivity contribution in [2.24, 2.45) is 0 Å². The van der Waals surface area contributed by atoms with Crippen molar-refractivity contribution in [2.75, 3.05) is 26.0 Å². The molecule has 1 saturated heterocycles. The standard InChI is InChI=1S/C15H19BN2O8S/c1-26-9-3-2-8(13(20)12(9)14(21)22)6-10(16(24)25)27-7-11(19)18-5-4-17-15(18)23/h2-3,10,20,24-25H,4-7H2,1H3,(H,17,23)(H,21,22)/t10-/m0/s1. The smallest absolute Gasteiger partial charge is 0.465 e. The van der Waals surface area contributed by atoms with Gasteiger partial charge in [-0.25, -0.2) is 9.59 Å². The monoisotopic (exact) mass is 398 g/mol. The number of rotatable bonds is 8. The molecule has 0 saturated carbocycles. The van der Waals surface area contributed by atoms with E-state index in [0.717, 1.165) is 16.7 Å². The van der Waals surface area contributed by atoms with Gasteiger partial charge >= 0.3 is 19.1 Å². The molecule has 5 N–H and O–H groups in total. The maximum Gasteiger partial charge on any atom is 0.465 e. The summed E-state index contributed by atoms with van der Waals surface area (Å²) in [4.78, 5) is 35.9. The summed E-state index contributed by atoms with van der Waals surface area (Å²) in [5.74, 6) is -2.63. The van der Waals surface area contributed by atoms with E-state index in [1.165, 1.54) is 19.2 Å². The Labute approximate surface area is 159 Å². The number of thioether (sulfide) groups is 1. The quantitative estimate of drug-likeness (QED) is 0.358. The second kappa shape index (κ2) is 8.97. The van der Waals surface area contributed by atoms with Crippen molar-refractivity contribution in [2.45, 2.75) is 11.6 Å². The third-order valence-electron chi connectivity index (χ3n) is 3.99. The van der Waals surface area contributed by atoms with Crippen molar-refractivity contribution in [1.29, 1.82) is 0 Å². The number of imide groups is 1. The number of hydrogen-bond acceptors (Lipinski definition) is 8. The molecule has 0 bridgehead atoms. The number of methoxy groups -OCH3 is 1. The number of phenols is 1. The van der Waals surface area contributed by atoms with E-state index in [4.69, 9.17) is 4.74 Å². The SMILES string of the molecule is COc1ccc(C[C@H](SCC(=O)N2CCNC2=O)B(O)O)c(O)c1C(=O)O. The van der Waals surface area contributed by atoms with Gasteiger partial charge in [0.2, 0.25) is 5.91 Å². The number of benzene rings is 1. The highest BCUT2D eigenvalue weighted by atomic mass is 32.2. The van der Waals surface area contributed by atoms with Crippen LogP contribution in [0, 0.1) is 0 Å². The van der Waals surface area contributed by atoms with Crippen LogP contribution in [0.1, 0.15) is 15.9 Å². The molecule has 10 nitrogen and oxygen atoms in total. The first-order valence-corrected chi connectivity index (χ1v) is 8.99. The maximum atomic E-state index is 12.1. The Bertz CT molecular complexity index is 745. The van der Waals surface area contributed by atoms with Crippen molar-refractivity contribution in [3.8, 4) is 11.5 Å². The lowest BCUT2D eigenvalue weighted by atomic mass is 9.81. The summed E-state index contributed by atoms with van der Waals surface area (Å²) in [5.41, 5.74) is -0.277. The van der Waals surface area contributed by atoms with Crippen molar-refractivity contribution in [3.05, 3.63) is 23.3 Å². The van der Waals surface area contributed by atoms with Crippen LogP contribution in [0.15, 0.2) is 12.1 Å². The topological polar surface area (TPSA) is 157 Å². The van der Waals surface area contributed by atoms with Gasteiger partial charge in [0.15, 0.2) is 0 Å². The van der Waals surface area contributed by atoms with Gasteiger partial charge in [-0.05, 0) is 18.1 Å². The summed E-state index contributed by atoms with van der Waals surface area (Å²) < 4.78 is 4.91. The zero-order chi connectivity index (χ0) is 20.1. The number of urea groups is 1. The summed E-state index contributed by atoms with van der Waals surface area (Å²) >= 11 is 0.893. The zero-order valence-corrected chi connectivity index (χ0v) is 15.2. The molecule has 1 heterocycles. The molecule has 1 fully saturated rings. The number of nitrogens with one attached hydrogen (secondary N) is 1. The summed E-state index contributed by atoms with van der Waals surface area (Å²) in [5, 5.41) is 40.2. The van der Waals surface area contributed by atoms with Crippen molar-refractivity contribution < 1.29 is 39.4 Å². The van der Waals surface area contributed by atoms with Crippen LogP contribution in [-0.4, -0.2) is 81.3 Å². The third kappa shape index (κ3) is 4.84. The van der Waals surface area contributed by atoms with Gasteiger partial charge < -0.3 is 30.3 Å². The van der Waals surface area contributed by atoms with E-state index in [-0.39, 0.29) is 30.0 Å². The molecule has 27 heavy (non-hydrogen) atoms. The summed E-state index contributed by atoms with van der Waals surface area (Å²) in [6.45, 7) is 0.602. The molecule has 2 rings (SSSR count). The van der Waals surface area contributed by atoms with E-state index in [0.29, 0.717) is 6.54 Å². The maximum absolute atomic E-state index is 12.1. The van der Waals surface area contributed by atoms with Crippen molar-refractivity contribution in [1.82, 2.24) is 10.2 Å². The first kappa shape index (κ1) is 20.9. The molecule has 0 aromatic heterocycles. The van der Waals surface area contributed by atoms with E-state index < -0.39 is 41.5 Å². The van der Waals surface area contributed by atoms with Gasteiger partial charge in [0.1, 0.15) is 17.1 Å². The van der Waals surface area contributed by atoms with Gasteiger partial charge in [-0.2, -0.15) is 11.8 Å². The van der Waals surface area contributed by atoms with Crippen molar-refractivity contribution >= 4 is 36.8 Å². The van der Waals surface area contributed by atoms with E-state index in [1.54, 1.807) is 0 Å². The first-order chi connectivity index (χ1) is 12.8. The van der Waals surface area contributed by atoms with E-state index in [2.05, 4.69) is 5.32 Å². The summed E-state index contributed by atoms with van der Waals surface area (Å²) in [6, 6.07) is 2.26. The molecule has 1 aliphatic rings. The highest BCUT2D eigenvalue weighted by Gasteiger charge is 2.31. The predicted octanol–water partition coefficient (Wildman–Crippen LogP) is -0.693. The zero-order valence-electron chi connectivity index (χ0n) is 14.4. The molecule has 1 aromatic rings. The van der Waals surface area contributed by atoms with Crippen LogP contribution >= 0.6 is 11.8 Å². The molecule has 146 valence electrons. The van der Waals surface area contributed by atoms with E-state index in [9.17, 15) is 34.6 Å². The number of ether oxygens (including phenoxy) is 1. The molecule has 3 amide bonds. The Kier molecular flexibility index (Phi) is 6.94. The molecule has 0 unspecified atom stereocenters. The normalized spacial score (nSPS) is 14.6. The Morgan fingerprint density at radius 1 is 1.41 bits per heavy atom. The van der Waals surface area contributed by atoms with Gasteiger partial charge in [0, 0.05) is 18.2 Å². The minimum atomic E-state index is -1.83. The van der Waals surface area contributed by atoms with Gasteiger partial charge in [0.05, 0.1) is 12.9 Å². The average molecular weight is 398 g/mol. The lowest BCUT2D eigenvalue weighted by molar-refractivity contribution is -0.124. The van der Waals surface area contributed by atoms with Crippen LogP contribution in [0.5, 0.6) is 11.5 Å². The van der Waals surface area contributed by atoms with Crippen LogP contribution in [0.3, 0.4) is 0 Å². The number of aromatic carboxylic acids is 1. The Morgan fingerprint density at radius 2 is 2.11 bits per heavy atom. The number of aromatic hydroxyl groups is 1. The first-order valence-electron chi connectivity index (χ1n) is 7.94. The Morgan fingerprint density at radius 3 is 2.63 bits per heavy atom. The lowest BCUT2D eigenvalue weighted by Gasteiger charge is -2.19. The molecule has 0 radical (unpaired) electrons. The molecule has 1 atom stereocenters. The van der Waals surface area contributed by atoms with E-state index in [1.807, 2.05) is 0 Å². The second-order valence-corrected chi connectivity index (χ2v) is 6.93. The number of carbonyl (C=O) groups is 3. The minimum absolute atomic E-state index is 0.0345. The van der Waals surface area contributed by atoms with Crippen LogP contribution in [-0.2, 0) is 11.2 Å². The van der Waals surface area contributed by atoms with Gasteiger partial charge in [-0.15, -0.1) is 0 Å². The van der Waals surface area contributed by atoms with Gasteiger partial charge in [0.25, 0.3) is 0 Å². The fourth-order valence-electron chi connectivity index (χ4n) is 2.59. The average Bonchev–Trinajstić information content (AvgIpc) is 3.04. The summed E-state index contributed by atoms with van der Waals surface area (Å²) in [6.07, 6.45) is -0.113. The molecule has 1 aliphatic heterocycles. The van der Waals surface area contributed by atoms with Gasteiger partial charge in [-0.3, -0.25) is 9.69 Å². The number of hydrogen-bond donors (Lipinski definition) is 5. The van der Waals surface area contributed by atoms with Crippen molar-refractivity contribution in [3.63, 3.8) is 0 Å². The second-order valence-electron chi connectivity index (χ2n) is 5.70. The van der Waals surface area contributed by atoms with E-state index >= 15 is 0 Å². The molecular formula is C15H19BN2O8S. The lowest BCUT2D eigenvalue weighted by Crippen LogP contribution is -2.37. The predicted molar refractivity (Wildman–Crippen MR) is 96.9 cm³/mol.